The summed E-state index contributed by atoms with van der Waals surface area (Å²) in [4.78, 5) is 15.7. The Kier molecular flexibility index (Phi) is 2.95. The fourth-order valence-electron chi connectivity index (χ4n) is 2.16. The van der Waals surface area contributed by atoms with E-state index >= 15 is 0 Å². The van der Waals surface area contributed by atoms with Crippen molar-refractivity contribution in [2.75, 3.05) is 0 Å². The number of carboxylic acid groups (broad SMARTS) is 1. The van der Waals surface area contributed by atoms with Gasteiger partial charge in [-0.25, -0.2) is 9.78 Å². The van der Waals surface area contributed by atoms with Gasteiger partial charge < -0.3 is 5.11 Å². The van der Waals surface area contributed by atoms with Crippen LogP contribution in [-0.4, -0.2) is 20.5 Å². The first kappa shape index (κ1) is 12.7. The maximum Gasteiger partial charge on any atom is 0.352 e. The average molecular weight is 287 g/mol. The molecule has 1 N–H and O–H groups in total. The summed E-state index contributed by atoms with van der Waals surface area (Å²) in [6.45, 7) is 1.99. The van der Waals surface area contributed by atoms with Crippen molar-refractivity contribution in [2.24, 2.45) is 0 Å². The number of rotatable bonds is 2. The van der Waals surface area contributed by atoms with Gasteiger partial charge in [0.15, 0.2) is 5.15 Å². The van der Waals surface area contributed by atoms with Gasteiger partial charge in [0.2, 0.25) is 0 Å². The molecule has 0 saturated heterocycles. The molecule has 0 aliphatic rings. The normalized spacial score (nSPS) is 10.9. The van der Waals surface area contributed by atoms with Crippen molar-refractivity contribution in [1.29, 1.82) is 0 Å². The Morgan fingerprint density at radius 3 is 2.55 bits per heavy atom. The van der Waals surface area contributed by atoms with Crippen LogP contribution in [0.3, 0.4) is 0 Å². The van der Waals surface area contributed by atoms with Gasteiger partial charge >= 0.3 is 5.97 Å². The molecule has 0 atom stereocenters. The molecular weight excluding hydrogens is 276 g/mol. The molecule has 1 aromatic carbocycles. The van der Waals surface area contributed by atoms with E-state index in [0.29, 0.717) is 16.5 Å². The Balaban J connectivity index is 2.36. The third-order valence-electron chi connectivity index (χ3n) is 3.15. The number of benzene rings is 1. The predicted molar refractivity (Wildman–Crippen MR) is 77.3 cm³/mol. The molecule has 0 saturated carbocycles. The zero-order valence-corrected chi connectivity index (χ0v) is 11.4. The first-order valence-electron chi connectivity index (χ1n) is 6.05. The molecule has 0 spiro atoms. The molecule has 3 aromatic rings. The maximum atomic E-state index is 11.4. The number of hydrogen-bond donors (Lipinski definition) is 1. The number of carboxylic acids is 1. The lowest BCUT2D eigenvalue weighted by atomic mass is 10.1. The minimum absolute atomic E-state index is 0.137. The fourth-order valence-corrected chi connectivity index (χ4v) is 2.39. The van der Waals surface area contributed by atoms with Gasteiger partial charge in [0, 0.05) is 5.56 Å². The van der Waals surface area contributed by atoms with Crippen molar-refractivity contribution in [3.8, 4) is 11.4 Å². The van der Waals surface area contributed by atoms with Gasteiger partial charge in [-0.1, -0.05) is 47.5 Å². The zero-order valence-electron chi connectivity index (χ0n) is 10.7. The second-order valence-corrected chi connectivity index (χ2v) is 4.89. The topological polar surface area (TPSA) is 54.6 Å². The number of imidazole rings is 1. The largest absolute Gasteiger partial charge is 0.477 e. The van der Waals surface area contributed by atoms with Crippen LogP contribution in [0, 0.1) is 6.92 Å². The molecule has 100 valence electrons. The highest BCUT2D eigenvalue weighted by molar-refractivity contribution is 6.33. The third kappa shape index (κ3) is 1.94. The number of aromatic carboxylic acids is 1. The molecule has 4 nitrogen and oxygen atoms in total. The van der Waals surface area contributed by atoms with Crippen molar-refractivity contribution < 1.29 is 9.90 Å². The van der Waals surface area contributed by atoms with Gasteiger partial charge in [0.25, 0.3) is 0 Å². The first-order chi connectivity index (χ1) is 9.58. The summed E-state index contributed by atoms with van der Waals surface area (Å²) >= 11 is 6.11. The number of pyridine rings is 1. The SMILES string of the molecule is Cc1ccc(-c2nc(Cl)c3cccc(C(=O)O)n23)cc1. The summed E-state index contributed by atoms with van der Waals surface area (Å²) in [5.74, 6) is -0.485. The lowest BCUT2D eigenvalue weighted by Gasteiger charge is -2.05. The number of halogens is 1. The molecule has 0 unspecified atom stereocenters. The van der Waals surface area contributed by atoms with E-state index in [2.05, 4.69) is 4.98 Å². The average Bonchev–Trinajstić information content (AvgIpc) is 2.77. The molecule has 20 heavy (non-hydrogen) atoms. The van der Waals surface area contributed by atoms with Crippen molar-refractivity contribution in [3.63, 3.8) is 0 Å². The standard InChI is InChI=1S/C15H11ClN2O2/c1-9-5-7-10(8-6-9)14-17-13(16)11-3-2-4-12(15(19)20)18(11)14/h2-8H,1H3,(H,19,20). The van der Waals surface area contributed by atoms with Crippen LogP contribution in [0.2, 0.25) is 5.15 Å². The van der Waals surface area contributed by atoms with Gasteiger partial charge in [-0.2, -0.15) is 0 Å². The Labute approximate surface area is 120 Å². The maximum absolute atomic E-state index is 11.4. The molecule has 0 bridgehead atoms. The number of aryl methyl sites for hydroxylation is 1. The van der Waals surface area contributed by atoms with Crippen molar-refractivity contribution >= 4 is 23.1 Å². The predicted octanol–water partition coefficient (Wildman–Crippen LogP) is 3.66. The number of nitrogens with zero attached hydrogens (tertiary/aromatic N) is 2. The Morgan fingerprint density at radius 1 is 1.20 bits per heavy atom. The molecule has 0 aliphatic heterocycles. The summed E-state index contributed by atoms with van der Waals surface area (Å²) in [7, 11) is 0. The van der Waals surface area contributed by atoms with Crippen molar-refractivity contribution in [2.45, 2.75) is 6.92 Å². The molecule has 2 aromatic heterocycles. The highest BCUT2D eigenvalue weighted by Crippen LogP contribution is 2.27. The Morgan fingerprint density at radius 2 is 1.90 bits per heavy atom. The minimum Gasteiger partial charge on any atom is -0.477 e. The monoisotopic (exact) mass is 286 g/mol. The minimum atomic E-state index is -1.02. The van der Waals surface area contributed by atoms with Gasteiger partial charge in [-0.3, -0.25) is 4.40 Å². The fraction of sp³-hybridized carbons (Fsp3) is 0.0667. The smallest absolute Gasteiger partial charge is 0.352 e. The van der Waals surface area contributed by atoms with Crippen LogP contribution in [0.5, 0.6) is 0 Å². The van der Waals surface area contributed by atoms with E-state index in [0.717, 1.165) is 11.1 Å². The number of hydrogen-bond acceptors (Lipinski definition) is 2. The number of aromatic nitrogens is 2. The molecule has 0 fully saturated rings. The molecular formula is C15H11ClN2O2. The van der Waals surface area contributed by atoms with Crippen LogP contribution in [0.25, 0.3) is 16.9 Å². The molecule has 3 rings (SSSR count). The van der Waals surface area contributed by atoms with Crippen molar-refractivity contribution in [3.05, 3.63) is 58.9 Å². The summed E-state index contributed by atoms with van der Waals surface area (Å²) in [6.07, 6.45) is 0. The highest BCUT2D eigenvalue weighted by atomic mass is 35.5. The van der Waals surface area contributed by atoms with Crippen LogP contribution in [-0.2, 0) is 0 Å². The summed E-state index contributed by atoms with van der Waals surface area (Å²) in [6, 6.07) is 12.6. The van der Waals surface area contributed by atoms with Crippen LogP contribution < -0.4 is 0 Å². The third-order valence-corrected chi connectivity index (χ3v) is 3.42. The lowest BCUT2D eigenvalue weighted by molar-refractivity contribution is 0.0689. The quantitative estimate of drug-likeness (QED) is 0.782. The molecule has 2 heterocycles. The molecule has 5 heteroatoms. The summed E-state index contributed by atoms with van der Waals surface area (Å²) in [5.41, 5.74) is 2.67. The van der Waals surface area contributed by atoms with Crippen LogP contribution in [0.1, 0.15) is 16.1 Å². The van der Waals surface area contributed by atoms with E-state index < -0.39 is 5.97 Å². The van der Waals surface area contributed by atoms with Crippen LogP contribution in [0.4, 0.5) is 0 Å². The molecule has 0 amide bonds. The van der Waals surface area contributed by atoms with E-state index in [1.165, 1.54) is 6.07 Å². The first-order valence-corrected chi connectivity index (χ1v) is 6.43. The number of carbonyl (C=O) groups is 1. The summed E-state index contributed by atoms with van der Waals surface area (Å²) < 4.78 is 1.56. The second kappa shape index (κ2) is 4.65. The van der Waals surface area contributed by atoms with Gasteiger partial charge in [0.1, 0.15) is 11.5 Å². The van der Waals surface area contributed by atoms with Crippen molar-refractivity contribution in [1.82, 2.24) is 9.38 Å². The lowest BCUT2D eigenvalue weighted by Crippen LogP contribution is -2.05. The van der Waals surface area contributed by atoms with E-state index in [1.54, 1.807) is 16.5 Å². The van der Waals surface area contributed by atoms with E-state index in [-0.39, 0.29) is 5.69 Å². The van der Waals surface area contributed by atoms with E-state index in [1.807, 2.05) is 31.2 Å². The van der Waals surface area contributed by atoms with Crippen LogP contribution in [0.15, 0.2) is 42.5 Å². The molecule has 0 radical (unpaired) electrons. The Hall–Kier alpha value is -2.33. The van der Waals surface area contributed by atoms with Gasteiger partial charge in [-0.05, 0) is 19.1 Å². The van der Waals surface area contributed by atoms with E-state index in [9.17, 15) is 9.90 Å². The zero-order chi connectivity index (χ0) is 14.3. The van der Waals surface area contributed by atoms with E-state index in [4.69, 9.17) is 11.6 Å². The number of fused-ring (bicyclic) bond motifs is 1. The van der Waals surface area contributed by atoms with Crippen LogP contribution >= 0.6 is 11.6 Å². The summed E-state index contributed by atoms with van der Waals surface area (Å²) in [5, 5.41) is 9.61. The van der Waals surface area contributed by atoms with Gasteiger partial charge in [0.05, 0.1) is 5.52 Å². The second-order valence-electron chi connectivity index (χ2n) is 4.53. The molecule has 0 aliphatic carbocycles. The highest BCUT2D eigenvalue weighted by Gasteiger charge is 2.17. The van der Waals surface area contributed by atoms with Gasteiger partial charge in [-0.15, -0.1) is 0 Å². The Bertz CT molecular complexity index is 807.